The minimum Gasteiger partial charge on any atom is -0.381 e. The first-order chi connectivity index (χ1) is 12.7. The van der Waals surface area contributed by atoms with E-state index in [1.807, 2.05) is 19.1 Å². The predicted octanol–water partition coefficient (Wildman–Crippen LogP) is 4.53. The average molecular weight is 349 g/mol. The average Bonchev–Trinajstić information content (AvgIpc) is 3.10. The van der Waals surface area contributed by atoms with Crippen LogP contribution in [0.1, 0.15) is 24.0 Å². The second-order valence-electron chi connectivity index (χ2n) is 6.60. The summed E-state index contributed by atoms with van der Waals surface area (Å²) in [4.78, 5) is 0. The number of aryl methyl sites for hydroxylation is 1. The molecule has 1 aromatic heterocycles. The van der Waals surface area contributed by atoms with E-state index in [0.717, 1.165) is 59.5 Å². The van der Waals surface area contributed by atoms with Crippen LogP contribution in [0.3, 0.4) is 0 Å². The summed E-state index contributed by atoms with van der Waals surface area (Å²) in [5.41, 5.74) is 4.46. The fourth-order valence-electron chi connectivity index (χ4n) is 3.13. The third-order valence-electron chi connectivity index (χ3n) is 4.67. The van der Waals surface area contributed by atoms with Crippen LogP contribution in [-0.2, 0) is 4.74 Å². The van der Waals surface area contributed by atoms with Crippen LogP contribution in [0, 0.1) is 30.5 Å². The number of hydrogen-bond donors (Lipinski definition) is 2. The van der Waals surface area contributed by atoms with E-state index in [4.69, 9.17) is 4.74 Å². The van der Waals surface area contributed by atoms with Crippen molar-refractivity contribution in [3.8, 4) is 11.8 Å². The summed E-state index contributed by atoms with van der Waals surface area (Å²) in [5.74, 6) is 6.83. The van der Waals surface area contributed by atoms with Crippen molar-refractivity contribution in [3.63, 3.8) is 0 Å². The van der Waals surface area contributed by atoms with Crippen LogP contribution in [0.4, 0.5) is 15.8 Å². The number of rotatable bonds is 2. The maximum absolute atomic E-state index is 13.4. The van der Waals surface area contributed by atoms with Gasteiger partial charge in [0.05, 0.1) is 23.0 Å². The highest BCUT2D eigenvalue weighted by atomic mass is 19.1. The lowest BCUT2D eigenvalue weighted by atomic mass is 10.00. The molecule has 1 fully saturated rings. The number of aromatic amines is 1. The van der Waals surface area contributed by atoms with Crippen LogP contribution in [-0.4, -0.2) is 23.4 Å². The first-order valence-electron chi connectivity index (χ1n) is 8.78. The van der Waals surface area contributed by atoms with E-state index in [0.29, 0.717) is 5.92 Å². The number of anilines is 2. The summed E-state index contributed by atoms with van der Waals surface area (Å²) in [6.07, 6.45) is 3.73. The fourth-order valence-corrected chi connectivity index (χ4v) is 3.13. The summed E-state index contributed by atoms with van der Waals surface area (Å²) < 4.78 is 18.8. The number of ether oxygens (including phenoxy) is 1. The van der Waals surface area contributed by atoms with Crippen LogP contribution in [0.15, 0.2) is 36.5 Å². The van der Waals surface area contributed by atoms with E-state index in [1.54, 1.807) is 12.3 Å². The highest BCUT2D eigenvalue weighted by Gasteiger charge is 2.11. The van der Waals surface area contributed by atoms with Crippen LogP contribution in [0.5, 0.6) is 0 Å². The molecule has 4 rings (SSSR count). The Bertz CT molecular complexity index is 993. The molecule has 4 nitrogen and oxygen atoms in total. The summed E-state index contributed by atoms with van der Waals surface area (Å²) in [7, 11) is 0. The fraction of sp³-hybridized carbons (Fsp3) is 0.286. The number of benzene rings is 2. The van der Waals surface area contributed by atoms with Crippen LogP contribution in [0.25, 0.3) is 10.9 Å². The molecule has 2 N–H and O–H groups in total. The van der Waals surface area contributed by atoms with Crippen molar-refractivity contribution in [2.24, 2.45) is 5.92 Å². The van der Waals surface area contributed by atoms with Gasteiger partial charge in [0.1, 0.15) is 5.82 Å². The number of aromatic nitrogens is 2. The molecule has 2 aromatic carbocycles. The molecule has 5 heteroatoms. The van der Waals surface area contributed by atoms with Gasteiger partial charge in [0, 0.05) is 30.2 Å². The number of nitrogens with zero attached hydrogens (tertiary/aromatic N) is 1. The number of fused-ring (bicyclic) bond motifs is 1. The zero-order chi connectivity index (χ0) is 17.9. The number of nitrogens with one attached hydrogen (secondary N) is 2. The third-order valence-corrected chi connectivity index (χ3v) is 4.67. The van der Waals surface area contributed by atoms with Gasteiger partial charge in [-0.2, -0.15) is 5.10 Å². The molecule has 0 radical (unpaired) electrons. The normalized spacial score (nSPS) is 14.8. The van der Waals surface area contributed by atoms with Crippen molar-refractivity contribution >= 4 is 22.3 Å². The summed E-state index contributed by atoms with van der Waals surface area (Å²) in [6.45, 7) is 3.44. The van der Waals surface area contributed by atoms with Gasteiger partial charge in [-0.05, 0) is 55.7 Å². The number of H-pyrrole nitrogens is 1. The van der Waals surface area contributed by atoms with E-state index < -0.39 is 0 Å². The maximum atomic E-state index is 13.4. The van der Waals surface area contributed by atoms with E-state index >= 15 is 0 Å². The maximum Gasteiger partial charge on any atom is 0.123 e. The van der Waals surface area contributed by atoms with Crippen molar-refractivity contribution in [1.82, 2.24) is 10.2 Å². The SMILES string of the molecule is Cc1cc(F)ccc1Nc1cc2cn[nH]c2cc1C#CC1CCOCC1. The van der Waals surface area contributed by atoms with Crippen molar-refractivity contribution in [1.29, 1.82) is 0 Å². The lowest BCUT2D eigenvalue weighted by molar-refractivity contribution is 0.0807. The molecular formula is C21H20FN3O. The summed E-state index contributed by atoms with van der Waals surface area (Å²) in [5, 5.41) is 11.5. The van der Waals surface area contributed by atoms with Crippen molar-refractivity contribution < 1.29 is 9.13 Å². The van der Waals surface area contributed by atoms with Crippen LogP contribution >= 0.6 is 0 Å². The minimum atomic E-state index is -0.238. The lowest BCUT2D eigenvalue weighted by Gasteiger charge is -2.16. The second kappa shape index (κ2) is 7.19. The van der Waals surface area contributed by atoms with Gasteiger partial charge in [0.25, 0.3) is 0 Å². The monoisotopic (exact) mass is 349 g/mol. The minimum absolute atomic E-state index is 0.238. The van der Waals surface area contributed by atoms with Gasteiger partial charge in [-0.3, -0.25) is 5.10 Å². The van der Waals surface area contributed by atoms with Gasteiger partial charge < -0.3 is 10.1 Å². The summed E-state index contributed by atoms with van der Waals surface area (Å²) in [6, 6.07) is 8.76. The third kappa shape index (κ3) is 3.56. The highest BCUT2D eigenvalue weighted by Crippen LogP contribution is 2.28. The first-order valence-corrected chi connectivity index (χ1v) is 8.78. The van der Waals surface area contributed by atoms with E-state index in [2.05, 4.69) is 27.4 Å². The van der Waals surface area contributed by atoms with Crippen molar-refractivity contribution in [2.45, 2.75) is 19.8 Å². The van der Waals surface area contributed by atoms with Crippen LogP contribution in [0.2, 0.25) is 0 Å². The Morgan fingerprint density at radius 2 is 2.04 bits per heavy atom. The molecule has 0 unspecified atom stereocenters. The molecule has 26 heavy (non-hydrogen) atoms. The molecule has 0 aliphatic carbocycles. The van der Waals surface area contributed by atoms with Gasteiger partial charge in [0.15, 0.2) is 0 Å². The van der Waals surface area contributed by atoms with E-state index in [-0.39, 0.29) is 5.82 Å². The smallest absolute Gasteiger partial charge is 0.123 e. The Morgan fingerprint density at radius 3 is 2.85 bits per heavy atom. The predicted molar refractivity (Wildman–Crippen MR) is 101 cm³/mol. The zero-order valence-electron chi connectivity index (χ0n) is 14.6. The highest BCUT2D eigenvalue weighted by molar-refractivity contribution is 5.87. The molecular weight excluding hydrogens is 329 g/mol. The molecule has 0 spiro atoms. The van der Waals surface area contributed by atoms with Gasteiger partial charge in [-0.25, -0.2) is 4.39 Å². The molecule has 3 aromatic rings. The molecule has 1 aliphatic rings. The van der Waals surface area contributed by atoms with E-state index in [9.17, 15) is 4.39 Å². The largest absolute Gasteiger partial charge is 0.381 e. The Kier molecular flexibility index (Phi) is 4.59. The molecule has 0 atom stereocenters. The topological polar surface area (TPSA) is 49.9 Å². The lowest BCUT2D eigenvalue weighted by Crippen LogP contribution is -2.13. The molecule has 132 valence electrons. The molecule has 1 aliphatic heterocycles. The van der Waals surface area contributed by atoms with Crippen molar-refractivity contribution in [2.75, 3.05) is 18.5 Å². The Labute approximate surface area is 151 Å². The van der Waals surface area contributed by atoms with E-state index in [1.165, 1.54) is 12.1 Å². The molecule has 0 amide bonds. The second-order valence-corrected chi connectivity index (χ2v) is 6.60. The first kappa shape index (κ1) is 16.6. The van der Waals surface area contributed by atoms with Crippen molar-refractivity contribution in [3.05, 3.63) is 53.5 Å². The van der Waals surface area contributed by atoms with Crippen LogP contribution < -0.4 is 5.32 Å². The zero-order valence-corrected chi connectivity index (χ0v) is 14.6. The number of halogens is 1. The quantitative estimate of drug-likeness (QED) is 0.668. The van der Waals surface area contributed by atoms with Gasteiger partial charge in [-0.1, -0.05) is 11.8 Å². The number of hydrogen-bond acceptors (Lipinski definition) is 3. The molecule has 0 bridgehead atoms. The molecule has 2 heterocycles. The summed E-state index contributed by atoms with van der Waals surface area (Å²) >= 11 is 0. The Morgan fingerprint density at radius 1 is 1.19 bits per heavy atom. The standard InChI is InChI=1S/C21H20FN3O/c1-14-10-18(22)4-5-19(14)24-20-12-17-13-23-25-21(17)11-16(20)3-2-15-6-8-26-9-7-15/h4-5,10-13,15,24H,6-9H2,1H3,(H,23,25). The molecule has 0 saturated carbocycles. The van der Waals surface area contributed by atoms with Gasteiger partial charge in [0.2, 0.25) is 0 Å². The Balaban J connectivity index is 1.70. The molecule has 1 saturated heterocycles. The van der Waals surface area contributed by atoms with Gasteiger partial charge >= 0.3 is 0 Å². The van der Waals surface area contributed by atoms with Gasteiger partial charge in [-0.15, -0.1) is 0 Å². The Hall–Kier alpha value is -2.84.